The highest BCUT2D eigenvalue weighted by Crippen LogP contribution is 2.10. The number of benzene rings is 1. The van der Waals surface area contributed by atoms with Gasteiger partial charge in [-0.2, -0.15) is 0 Å². The number of aliphatic hydroxyl groups is 1. The largest absolute Gasteiger partial charge is 0.394 e. The number of carbonyl (C=O) groups is 1. The molecule has 0 aliphatic rings. The van der Waals surface area contributed by atoms with Gasteiger partial charge in [0.25, 0.3) is 5.91 Å². The zero-order chi connectivity index (χ0) is 12.1. The van der Waals surface area contributed by atoms with Gasteiger partial charge in [-0.15, -0.1) is 0 Å². The molecule has 1 amide bonds. The van der Waals surface area contributed by atoms with Crippen LogP contribution in [0.15, 0.2) is 18.2 Å². The van der Waals surface area contributed by atoms with Crippen molar-refractivity contribution >= 4 is 5.91 Å². The van der Waals surface area contributed by atoms with Crippen molar-refractivity contribution in [3.8, 4) is 0 Å². The first-order valence-corrected chi connectivity index (χ1v) is 5.26. The summed E-state index contributed by atoms with van der Waals surface area (Å²) in [4.78, 5) is 11.8. The van der Waals surface area contributed by atoms with Gasteiger partial charge in [0.05, 0.1) is 12.6 Å². The number of nitrogens with one attached hydrogen (secondary N) is 1. The topological polar surface area (TPSA) is 49.3 Å². The average Bonchev–Trinajstić information content (AvgIpc) is 2.28. The van der Waals surface area contributed by atoms with Crippen LogP contribution in [0, 0.1) is 12.7 Å². The van der Waals surface area contributed by atoms with Crippen molar-refractivity contribution in [2.24, 2.45) is 0 Å². The molecule has 0 aliphatic carbocycles. The Labute approximate surface area is 94.3 Å². The summed E-state index contributed by atoms with van der Waals surface area (Å²) in [6.45, 7) is 3.49. The van der Waals surface area contributed by atoms with Crippen molar-refractivity contribution in [1.29, 1.82) is 0 Å². The van der Waals surface area contributed by atoms with Gasteiger partial charge in [0, 0.05) is 5.56 Å². The molecule has 0 aromatic heterocycles. The molecule has 1 aromatic rings. The maximum absolute atomic E-state index is 13.0. The molecule has 88 valence electrons. The zero-order valence-electron chi connectivity index (χ0n) is 9.46. The maximum atomic E-state index is 13.0. The number of halogens is 1. The van der Waals surface area contributed by atoms with Crippen molar-refractivity contribution in [3.63, 3.8) is 0 Å². The number of carbonyl (C=O) groups excluding carboxylic acids is 1. The molecule has 0 heterocycles. The predicted octanol–water partition coefficient (Wildman–Crippen LogP) is 1.63. The Morgan fingerprint density at radius 3 is 2.81 bits per heavy atom. The number of hydrogen-bond acceptors (Lipinski definition) is 2. The lowest BCUT2D eigenvalue weighted by atomic mass is 10.1. The van der Waals surface area contributed by atoms with Gasteiger partial charge in [0.15, 0.2) is 0 Å². The molecular weight excluding hydrogens is 209 g/mol. The Kier molecular flexibility index (Phi) is 4.43. The molecule has 0 radical (unpaired) electrons. The summed E-state index contributed by atoms with van der Waals surface area (Å²) >= 11 is 0. The summed E-state index contributed by atoms with van der Waals surface area (Å²) in [5.74, 6) is -0.786. The summed E-state index contributed by atoms with van der Waals surface area (Å²) in [5, 5.41) is 11.6. The lowest BCUT2D eigenvalue weighted by Crippen LogP contribution is -2.37. The van der Waals surface area contributed by atoms with Crippen LogP contribution in [0.2, 0.25) is 0 Å². The van der Waals surface area contributed by atoms with Crippen LogP contribution in [0.3, 0.4) is 0 Å². The van der Waals surface area contributed by atoms with Crippen LogP contribution in [0.1, 0.15) is 29.3 Å². The fraction of sp³-hybridized carbons (Fsp3) is 0.417. The van der Waals surface area contributed by atoms with E-state index >= 15 is 0 Å². The molecule has 0 saturated carbocycles. The van der Waals surface area contributed by atoms with Crippen molar-refractivity contribution in [1.82, 2.24) is 5.32 Å². The first-order chi connectivity index (χ1) is 7.58. The van der Waals surface area contributed by atoms with Gasteiger partial charge in [-0.1, -0.05) is 13.0 Å². The van der Waals surface area contributed by atoms with Crippen LogP contribution >= 0.6 is 0 Å². The summed E-state index contributed by atoms with van der Waals surface area (Å²) < 4.78 is 13.0. The van der Waals surface area contributed by atoms with Gasteiger partial charge in [0.1, 0.15) is 5.82 Å². The van der Waals surface area contributed by atoms with Gasteiger partial charge in [-0.05, 0) is 31.0 Å². The summed E-state index contributed by atoms with van der Waals surface area (Å²) in [7, 11) is 0. The molecule has 0 aliphatic heterocycles. The van der Waals surface area contributed by atoms with Crippen molar-refractivity contribution in [2.45, 2.75) is 26.3 Å². The first-order valence-electron chi connectivity index (χ1n) is 5.26. The van der Waals surface area contributed by atoms with Crippen LogP contribution < -0.4 is 5.32 Å². The van der Waals surface area contributed by atoms with E-state index in [0.29, 0.717) is 17.5 Å². The number of hydrogen-bond donors (Lipinski definition) is 2. The first kappa shape index (κ1) is 12.6. The van der Waals surface area contributed by atoms with Crippen molar-refractivity contribution in [3.05, 3.63) is 35.1 Å². The molecule has 1 unspecified atom stereocenters. The van der Waals surface area contributed by atoms with Crippen LogP contribution in [0.4, 0.5) is 4.39 Å². The summed E-state index contributed by atoms with van der Waals surface area (Å²) in [6.07, 6.45) is 0.636. The second-order valence-electron chi connectivity index (χ2n) is 3.72. The molecule has 0 fully saturated rings. The normalized spacial score (nSPS) is 12.2. The predicted molar refractivity (Wildman–Crippen MR) is 59.8 cm³/mol. The summed E-state index contributed by atoms with van der Waals surface area (Å²) in [6, 6.07) is 3.80. The highest BCUT2D eigenvalue weighted by Gasteiger charge is 2.13. The molecule has 0 spiro atoms. The third-order valence-corrected chi connectivity index (χ3v) is 2.49. The lowest BCUT2D eigenvalue weighted by Gasteiger charge is -2.14. The minimum absolute atomic E-state index is 0.114. The molecule has 1 rings (SSSR count). The highest BCUT2D eigenvalue weighted by molar-refractivity contribution is 5.95. The van der Waals surface area contributed by atoms with Gasteiger partial charge in [-0.3, -0.25) is 4.79 Å². The van der Waals surface area contributed by atoms with E-state index in [1.165, 1.54) is 12.1 Å². The van der Waals surface area contributed by atoms with Crippen LogP contribution in [0.25, 0.3) is 0 Å². The SMILES string of the molecule is CCC(CO)NC(=O)c1cc(F)ccc1C. The number of aliphatic hydroxyl groups excluding tert-OH is 1. The van der Waals surface area contributed by atoms with Gasteiger partial charge in [-0.25, -0.2) is 4.39 Å². The van der Waals surface area contributed by atoms with E-state index in [4.69, 9.17) is 5.11 Å². The Morgan fingerprint density at radius 1 is 1.56 bits per heavy atom. The van der Waals surface area contributed by atoms with E-state index in [2.05, 4.69) is 5.32 Å². The number of amides is 1. The Bertz CT molecular complexity index is 375. The van der Waals surface area contributed by atoms with E-state index < -0.39 is 5.82 Å². The van der Waals surface area contributed by atoms with E-state index in [9.17, 15) is 9.18 Å². The van der Waals surface area contributed by atoms with Crippen LogP contribution in [-0.2, 0) is 0 Å². The van der Waals surface area contributed by atoms with Crippen LogP contribution in [-0.4, -0.2) is 23.7 Å². The number of aryl methyl sites for hydroxylation is 1. The summed E-state index contributed by atoms with van der Waals surface area (Å²) in [5.41, 5.74) is 1.03. The molecule has 0 saturated heterocycles. The lowest BCUT2D eigenvalue weighted by molar-refractivity contribution is 0.0914. The van der Waals surface area contributed by atoms with E-state index in [1.54, 1.807) is 13.0 Å². The smallest absolute Gasteiger partial charge is 0.251 e. The minimum atomic E-state index is -0.437. The van der Waals surface area contributed by atoms with Gasteiger partial charge in [0.2, 0.25) is 0 Å². The molecule has 2 N–H and O–H groups in total. The zero-order valence-corrected chi connectivity index (χ0v) is 9.46. The highest BCUT2D eigenvalue weighted by atomic mass is 19.1. The molecule has 4 heteroatoms. The molecular formula is C12H16FNO2. The van der Waals surface area contributed by atoms with E-state index in [-0.39, 0.29) is 18.6 Å². The van der Waals surface area contributed by atoms with Crippen molar-refractivity contribution < 1.29 is 14.3 Å². The van der Waals surface area contributed by atoms with Gasteiger partial charge < -0.3 is 10.4 Å². The third kappa shape index (κ3) is 3.03. The van der Waals surface area contributed by atoms with E-state index in [0.717, 1.165) is 0 Å². The average molecular weight is 225 g/mol. The van der Waals surface area contributed by atoms with E-state index in [1.807, 2.05) is 6.92 Å². The number of rotatable bonds is 4. The van der Waals surface area contributed by atoms with Gasteiger partial charge >= 0.3 is 0 Å². The minimum Gasteiger partial charge on any atom is -0.394 e. The standard InChI is InChI=1S/C12H16FNO2/c1-3-10(7-15)14-12(16)11-6-9(13)5-4-8(11)2/h4-6,10,15H,3,7H2,1-2H3,(H,14,16). The third-order valence-electron chi connectivity index (χ3n) is 2.49. The monoisotopic (exact) mass is 225 g/mol. The molecule has 3 nitrogen and oxygen atoms in total. The van der Waals surface area contributed by atoms with Crippen molar-refractivity contribution in [2.75, 3.05) is 6.61 Å². The van der Waals surface area contributed by atoms with Crippen LogP contribution in [0.5, 0.6) is 0 Å². The quantitative estimate of drug-likeness (QED) is 0.818. The molecule has 1 atom stereocenters. The Hall–Kier alpha value is -1.42. The molecule has 0 bridgehead atoms. The second-order valence-corrected chi connectivity index (χ2v) is 3.72. The maximum Gasteiger partial charge on any atom is 0.251 e. The fourth-order valence-electron chi connectivity index (χ4n) is 1.38. The molecule has 1 aromatic carbocycles. The fourth-order valence-corrected chi connectivity index (χ4v) is 1.38. The molecule has 16 heavy (non-hydrogen) atoms. The Balaban J connectivity index is 2.83. The Morgan fingerprint density at radius 2 is 2.25 bits per heavy atom. The second kappa shape index (κ2) is 5.61.